The lowest BCUT2D eigenvalue weighted by molar-refractivity contribution is -0.137. The van der Waals surface area contributed by atoms with Gasteiger partial charge in [-0.25, -0.2) is 9.37 Å². The average molecular weight is 855 g/mol. The maximum Gasteiger partial charge on any atom is 0.264 e. The first-order valence-corrected chi connectivity index (χ1v) is 20.4. The number of benzene rings is 2. The van der Waals surface area contributed by atoms with Gasteiger partial charge in [0.05, 0.1) is 32.4 Å². The Hall–Kier alpha value is -6.13. The van der Waals surface area contributed by atoms with Gasteiger partial charge in [0.2, 0.25) is 17.7 Å². The maximum absolute atomic E-state index is 15.8. The molecule has 2 N–H and O–H groups in total. The minimum Gasteiger partial charge on any atom is -0.486 e. The molecule has 5 amide bonds. The molecule has 2 atom stereocenters. The molecule has 4 aliphatic rings. The van der Waals surface area contributed by atoms with E-state index in [4.69, 9.17) is 27.9 Å². The second-order valence-corrected chi connectivity index (χ2v) is 16.1. The van der Waals surface area contributed by atoms with E-state index in [1.807, 2.05) is 33.8 Å². The van der Waals surface area contributed by atoms with Crippen molar-refractivity contribution in [1.82, 2.24) is 35.3 Å². The number of H-pyrrole nitrogens is 1. The normalized spacial score (nSPS) is 19.2. The van der Waals surface area contributed by atoms with Gasteiger partial charge >= 0.3 is 0 Å². The number of hydrogen-bond donors (Lipinski definition) is 2. The van der Waals surface area contributed by atoms with Gasteiger partial charge < -0.3 is 19.4 Å². The van der Waals surface area contributed by atoms with Crippen LogP contribution in [0.25, 0.3) is 22.2 Å². The summed E-state index contributed by atoms with van der Waals surface area (Å²) >= 11 is 12.7. The molecule has 3 fully saturated rings. The Balaban J connectivity index is 0.813. The number of aromatic amines is 1. The summed E-state index contributed by atoms with van der Waals surface area (Å²) in [7, 11) is 0. The van der Waals surface area contributed by atoms with E-state index in [0.29, 0.717) is 95.8 Å². The Labute approximate surface area is 352 Å². The number of halogens is 3. The summed E-state index contributed by atoms with van der Waals surface area (Å²) in [5.41, 5.74) is 3.38. The molecule has 0 saturated carbocycles. The van der Waals surface area contributed by atoms with Crippen molar-refractivity contribution in [1.29, 1.82) is 0 Å². The van der Waals surface area contributed by atoms with Crippen LogP contribution in [0.5, 0.6) is 5.75 Å². The van der Waals surface area contributed by atoms with Crippen LogP contribution in [0, 0.1) is 11.7 Å². The lowest BCUT2D eigenvalue weighted by Crippen LogP contribution is -2.54. The quantitative estimate of drug-likeness (QED) is 0.187. The number of fused-ring (bicyclic) bond motifs is 2. The van der Waals surface area contributed by atoms with Crippen LogP contribution < -0.4 is 19.9 Å². The number of rotatable bonds is 8. The van der Waals surface area contributed by atoms with Crippen molar-refractivity contribution in [2.75, 3.05) is 49.1 Å². The zero-order valence-corrected chi connectivity index (χ0v) is 33.8. The predicted octanol–water partition coefficient (Wildman–Crippen LogP) is 5.57. The van der Waals surface area contributed by atoms with Gasteiger partial charge in [-0.1, -0.05) is 29.3 Å². The fourth-order valence-electron chi connectivity index (χ4n) is 8.68. The lowest BCUT2D eigenvalue weighted by atomic mass is 9.93. The molecule has 0 bridgehead atoms. The summed E-state index contributed by atoms with van der Waals surface area (Å²) in [6.07, 6.45) is 5.33. The second-order valence-electron chi connectivity index (χ2n) is 15.3. The molecule has 60 heavy (non-hydrogen) atoms. The molecule has 0 radical (unpaired) electrons. The summed E-state index contributed by atoms with van der Waals surface area (Å²) in [4.78, 5) is 80.1. The van der Waals surface area contributed by atoms with Crippen molar-refractivity contribution in [3.63, 3.8) is 0 Å². The van der Waals surface area contributed by atoms with Crippen LogP contribution in [0.2, 0.25) is 10.0 Å². The van der Waals surface area contributed by atoms with Crippen LogP contribution in [0.4, 0.5) is 15.9 Å². The number of amides is 5. The number of hydrogen-bond acceptors (Lipinski definition) is 11. The molecule has 7 heterocycles. The Morgan fingerprint density at radius 2 is 1.65 bits per heavy atom. The molecule has 308 valence electrons. The first kappa shape index (κ1) is 39.3. The Bertz CT molecular complexity index is 2570. The fraction of sp³-hybridized carbons (Fsp3) is 0.333. The van der Waals surface area contributed by atoms with Gasteiger partial charge in [-0.05, 0) is 62.6 Å². The first-order valence-electron chi connectivity index (χ1n) is 19.7. The van der Waals surface area contributed by atoms with E-state index in [-0.39, 0.29) is 41.6 Å². The Kier molecular flexibility index (Phi) is 10.4. The van der Waals surface area contributed by atoms with Gasteiger partial charge in [-0.3, -0.25) is 44.3 Å². The molecule has 5 aromatic rings. The highest BCUT2D eigenvalue weighted by Crippen LogP contribution is 2.38. The topological polar surface area (TPSA) is 174 Å². The van der Waals surface area contributed by atoms with Gasteiger partial charge in [0.25, 0.3) is 11.8 Å². The summed E-state index contributed by atoms with van der Waals surface area (Å²) in [5, 5.41) is 11.2. The molecule has 2 aromatic carbocycles. The Morgan fingerprint density at radius 3 is 2.37 bits per heavy atom. The highest BCUT2D eigenvalue weighted by molar-refractivity contribution is 6.35. The van der Waals surface area contributed by atoms with Crippen molar-refractivity contribution < 1.29 is 33.1 Å². The zero-order valence-electron chi connectivity index (χ0n) is 32.3. The zero-order chi connectivity index (χ0) is 41.8. The number of aromatic nitrogens is 4. The smallest absolute Gasteiger partial charge is 0.264 e. The minimum absolute atomic E-state index is 0.0294. The molecular formula is C42H38Cl2FN9O6. The third kappa shape index (κ3) is 7.06. The number of anilines is 2. The number of carbonyl (C=O) groups is 5. The van der Waals surface area contributed by atoms with E-state index in [0.717, 1.165) is 10.4 Å². The maximum atomic E-state index is 15.8. The van der Waals surface area contributed by atoms with E-state index in [1.165, 1.54) is 18.5 Å². The van der Waals surface area contributed by atoms with Gasteiger partial charge in [-0.15, -0.1) is 0 Å². The largest absolute Gasteiger partial charge is 0.486 e. The molecule has 18 heteroatoms. The molecule has 3 saturated heterocycles. The van der Waals surface area contributed by atoms with Crippen LogP contribution >= 0.6 is 23.2 Å². The average Bonchev–Trinajstić information content (AvgIpc) is 3.78. The summed E-state index contributed by atoms with van der Waals surface area (Å²) in [6, 6.07) is 10.9. The van der Waals surface area contributed by atoms with Gasteiger partial charge in [0.1, 0.15) is 23.6 Å². The molecule has 3 aromatic heterocycles. The lowest BCUT2D eigenvalue weighted by Gasteiger charge is -2.39. The number of nitrogens with one attached hydrogen (secondary N) is 2. The van der Waals surface area contributed by atoms with E-state index in [9.17, 15) is 24.0 Å². The SMILES string of the molecule is C[C@@H](Oc1ccc2[nH]nc(-c3cnc(N4CCN(C(=O)C5CCN(c6cccc7c6C(=O)N(C6CCC(=O)NC6=O)C7=O)CC5)CC4)c(F)c3)c2c1)c1c(Cl)cncc1Cl. The standard InChI is InChI=1S/C42H38Cl2FN9O6/c1-22(35-28(43)20-46-21-29(35)44)60-25-5-6-31-27(18-25)37(50-49-31)24-17-30(45)38(47-19-24)52-13-15-53(16-14-52)40(57)23-9-11-51(12-10-23)32-4-2-3-26-36(32)42(59)54(41(26)58)33-7-8-34(55)48-39(33)56/h2-6,17-23,33H,7-16H2,1H3,(H,49,50)(H,48,55,56)/t22-,33?/m1/s1. The van der Waals surface area contributed by atoms with Crippen LogP contribution in [-0.4, -0.2) is 105 Å². The van der Waals surface area contributed by atoms with Crippen LogP contribution in [0.15, 0.2) is 61.1 Å². The molecular weight excluding hydrogens is 816 g/mol. The molecule has 15 nitrogen and oxygen atoms in total. The number of nitrogens with zero attached hydrogens (tertiary/aromatic N) is 7. The van der Waals surface area contributed by atoms with Gasteiger partial charge in [-0.2, -0.15) is 5.10 Å². The van der Waals surface area contributed by atoms with Crippen molar-refractivity contribution >= 4 is 75.1 Å². The highest BCUT2D eigenvalue weighted by Gasteiger charge is 2.46. The number of imide groups is 2. The summed E-state index contributed by atoms with van der Waals surface area (Å²) in [5.74, 6) is -2.18. The molecule has 1 unspecified atom stereocenters. The number of ether oxygens (including phenoxy) is 1. The van der Waals surface area contributed by atoms with Crippen molar-refractivity contribution in [2.24, 2.45) is 5.92 Å². The third-order valence-corrected chi connectivity index (χ3v) is 12.4. The second kappa shape index (κ2) is 15.8. The van der Waals surface area contributed by atoms with E-state index < -0.39 is 41.6 Å². The molecule has 4 aliphatic heterocycles. The van der Waals surface area contributed by atoms with Crippen LogP contribution in [-0.2, 0) is 14.4 Å². The van der Waals surface area contributed by atoms with E-state index >= 15 is 4.39 Å². The fourth-order valence-corrected chi connectivity index (χ4v) is 9.35. The first-order chi connectivity index (χ1) is 29.0. The highest BCUT2D eigenvalue weighted by atomic mass is 35.5. The van der Waals surface area contributed by atoms with Crippen LogP contribution in [0.1, 0.15) is 65.0 Å². The van der Waals surface area contributed by atoms with E-state index in [1.54, 1.807) is 30.5 Å². The molecule has 0 aliphatic carbocycles. The van der Waals surface area contributed by atoms with E-state index in [2.05, 4.69) is 25.5 Å². The van der Waals surface area contributed by atoms with Crippen molar-refractivity contribution in [3.05, 3.63) is 93.6 Å². The number of pyridine rings is 2. The molecule has 0 spiro atoms. The van der Waals surface area contributed by atoms with Crippen molar-refractivity contribution in [3.8, 4) is 17.0 Å². The monoisotopic (exact) mass is 853 g/mol. The van der Waals surface area contributed by atoms with Crippen LogP contribution in [0.3, 0.4) is 0 Å². The van der Waals surface area contributed by atoms with Gasteiger partial charge in [0.15, 0.2) is 11.6 Å². The summed E-state index contributed by atoms with van der Waals surface area (Å²) < 4.78 is 22.0. The van der Waals surface area contributed by atoms with Crippen molar-refractivity contribution in [2.45, 2.75) is 44.8 Å². The minimum atomic E-state index is -1.05. The van der Waals surface area contributed by atoms with Gasteiger partial charge in [0, 0.05) is 86.7 Å². The number of carbonyl (C=O) groups excluding carboxylic acids is 5. The Morgan fingerprint density at radius 1 is 0.900 bits per heavy atom. The summed E-state index contributed by atoms with van der Waals surface area (Å²) in [6.45, 7) is 4.42. The molecule has 9 rings (SSSR count). The number of piperazine rings is 1. The number of piperidine rings is 2. The predicted molar refractivity (Wildman–Crippen MR) is 219 cm³/mol. The third-order valence-electron chi connectivity index (χ3n) is 11.8.